The van der Waals surface area contributed by atoms with Gasteiger partial charge in [-0.3, -0.25) is 4.98 Å². The first-order chi connectivity index (χ1) is 12.1. The lowest BCUT2D eigenvalue weighted by atomic mass is 10.1. The molecule has 0 aliphatic rings. The molecule has 0 radical (unpaired) electrons. The molecule has 6 nitrogen and oxygen atoms in total. The van der Waals surface area contributed by atoms with Crippen molar-refractivity contribution >= 4 is 17.0 Å². The maximum atomic E-state index is 12.3. The Balaban J connectivity index is 1.81. The minimum atomic E-state index is -0.249. The Hall–Kier alpha value is -3.41. The number of anilines is 1. The fraction of sp³-hybridized carbons (Fsp3) is 0.105. The number of hydrogen-bond acceptors (Lipinski definition) is 4. The largest absolute Gasteiger partial charge is 0.378 e. The maximum absolute atomic E-state index is 12.3. The first kappa shape index (κ1) is 15.1. The molecule has 2 heterocycles. The summed E-state index contributed by atoms with van der Waals surface area (Å²) in [6.45, 7) is 0. The van der Waals surface area contributed by atoms with Crippen molar-refractivity contribution in [1.29, 1.82) is 0 Å². The standard InChI is InChI=1S/C19H17N5O/c1-23(2)14-10-8-13(9-11-14)16-12-20-18-17(21-16)22-19(25)24(18)15-6-4-3-5-7-15/h3-12H,1-2H3,(H,21,22,25). The van der Waals surface area contributed by atoms with E-state index in [9.17, 15) is 4.79 Å². The molecule has 4 aromatic rings. The Morgan fingerprint density at radius 1 is 1.00 bits per heavy atom. The van der Waals surface area contributed by atoms with E-state index in [4.69, 9.17) is 0 Å². The van der Waals surface area contributed by atoms with Crippen molar-refractivity contribution in [2.75, 3.05) is 19.0 Å². The third-order valence-corrected chi connectivity index (χ3v) is 4.09. The minimum absolute atomic E-state index is 0.249. The molecule has 0 unspecified atom stereocenters. The summed E-state index contributed by atoms with van der Waals surface area (Å²) < 4.78 is 1.53. The van der Waals surface area contributed by atoms with Crippen molar-refractivity contribution in [3.63, 3.8) is 0 Å². The van der Waals surface area contributed by atoms with Crippen LogP contribution < -0.4 is 10.6 Å². The first-order valence-electron chi connectivity index (χ1n) is 7.94. The number of aromatic nitrogens is 4. The molecule has 6 heteroatoms. The Kier molecular flexibility index (Phi) is 3.57. The fourth-order valence-corrected chi connectivity index (χ4v) is 2.77. The Morgan fingerprint density at radius 3 is 2.40 bits per heavy atom. The van der Waals surface area contributed by atoms with Gasteiger partial charge in [-0.1, -0.05) is 30.3 Å². The summed E-state index contributed by atoms with van der Waals surface area (Å²) >= 11 is 0. The number of imidazole rings is 1. The first-order valence-corrected chi connectivity index (χ1v) is 7.94. The molecule has 4 rings (SSSR count). The average Bonchev–Trinajstić information content (AvgIpc) is 2.97. The van der Waals surface area contributed by atoms with E-state index in [-0.39, 0.29) is 5.69 Å². The van der Waals surface area contributed by atoms with Crippen LogP contribution in [0.4, 0.5) is 5.69 Å². The zero-order valence-electron chi connectivity index (χ0n) is 14.0. The molecule has 0 bridgehead atoms. The van der Waals surface area contributed by atoms with Gasteiger partial charge >= 0.3 is 5.69 Å². The maximum Gasteiger partial charge on any atom is 0.333 e. The van der Waals surface area contributed by atoms with Crippen molar-refractivity contribution in [3.8, 4) is 16.9 Å². The molecular formula is C19H17N5O. The molecule has 0 saturated heterocycles. The van der Waals surface area contributed by atoms with E-state index in [2.05, 4.69) is 15.0 Å². The lowest BCUT2D eigenvalue weighted by Gasteiger charge is -2.12. The Morgan fingerprint density at radius 2 is 1.72 bits per heavy atom. The normalized spacial score (nSPS) is 11.0. The highest BCUT2D eigenvalue weighted by Crippen LogP contribution is 2.22. The SMILES string of the molecule is CN(C)c1ccc(-c2cnc3c(n2)[nH]c(=O)n3-c2ccccc2)cc1. The molecule has 124 valence electrons. The van der Waals surface area contributed by atoms with Gasteiger partial charge in [-0.25, -0.2) is 19.3 Å². The Bertz CT molecular complexity index is 1080. The van der Waals surface area contributed by atoms with Gasteiger partial charge in [0.1, 0.15) is 0 Å². The molecular weight excluding hydrogens is 314 g/mol. The number of para-hydroxylation sites is 1. The molecule has 0 amide bonds. The third-order valence-electron chi connectivity index (χ3n) is 4.09. The van der Waals surface area contributed by atoms with Crippen molar-refractivity contribution in [3.05, 3.63) is 71.3 Å². The van der Waals surface area contributed by atoms with Crippen molar-refractivity contribution in [2.24, 2.45) is 0 Å². The summed E-state index contributed by atoms with van der Waals surface area (Å²) in [5, 5.41) is 0. The summed E-state index contributed by atoms with van der Waals surface area (Å²) in [6, 6.07) is 17.5. The van der Waals surface area contributed by atoms with E-state index in [1.54, 1.807) is 6.20 Å². The van der Waals surface area contributed by atoms with Crippen molar-refractivity contribution in [1.82, 2.24) is 19.5 Å². The zero-order valence-corrected chi connectivity index (χ0v) is 14.0. The minimum Gasteiger partial charge on any atom is -0.378 e. The number of hydrogen-bond donors (Lipinski definition) is 1. The third kappa shape index (κ3) is 2.67. The predicted octanol–water partition coefficient (Wildman–Crippen LogP) is 2.84. The van der Waals surface area contributed by atoms with Gasteiger partial charge in [0, 0.05) is 25.3 Å². The van der Waals surface area contributed by atoms with Crippen LogP contribution in [0.15, 0.2) is 65.6 Å². The van der Waals surface area contributed by atoms with Crippen LogP contribution in [-0.4, -0.2) is 33.6 Å². The number of aromatic amines is 1. The second-order valence-corrected chi connectivity index (χ2v) is 5.97. The molecule has 0 aliphatic heterocycles. The fourth-order valence-electron chi connectivity index (χ4n) is 2.77. The van der Waals surface area contributed by atoms with Crippen molar-refractivity contribution in [2.45, 2.75) is 0 Å². The molecule has 25 heavy (non-hydrogen) atoms. The van der Waals surface area contributed by atoms with Gasteiger partial charge in [0.25, 0.3) is 0 Å². The summed E-state index contributed by atoms with van der Waals surface area (Å²) in [5.41, 5.74) is 4.29. The van der Waals surface area contributed by atoms with E-state index < -0.39 is 0 Å². The number of nitrogens with one attached hydrogen (secondary N) is 1. The number of fused-ring (bicyclic) bond motifs is 1. The van der Waals surface area contributed by atoms with E-state index in [0.717, 1.165) is 22.6 Å². The number of rotatable bonds is 3. The number of nitrogens with zero attached hydrogens (tertiary/aromatic N) is 4. The molecule has 2 aromatic carbocycles. The van der Waals surface area contributed by atoms with Crippen molar-refractivity contribution < 1.29 is 0 Å². The molecule has 0 atom stereocenters. The summed E-state index contributed by atoms with van der Waals surface area (Å²) in [5.74, 6) is 0. The lowest BCUT2D eigenvalue weighted by Crippen LogP contribution is -2.14. The molecule has 2 aromatic heterocycles. The number of benzene rings is 2. The summed E-state index contributed by atoms with van der Waals surface area (Å²) in [7, 11) is 4.00. The highest BCUT2D eigenvalue weighted by Gasteiger charge is 2.12. The quantitative estimate of drug-likeness (QED) is 0.627. The Labute approximate surface area is 144 Å². The summed E-state index contributed by atoms with van der Waals surface area (Å²) in [6.07, 6.45) is 1.69. The van der Waals surface area contributed by atoms with Crippen LogP contribution in [0, 0.1) is 0 Å². The molecule has 0 fully saturated rings. The van der Waals surface area contributed by atoms with Crippen LogP contribution in [0.3, 0.4) is 0 Å². The van der Waals surface area contributed by atoms with Crippen LogP contribution in [0.2, 0.25) is 0 Å². The second-order valence-electron chi connectivity index (χ2n) is 5.97. The summed E-state index contributed by atoms with van der Waals surface area (Å²) in [4.78, 5) is 26.2. The van der Waals surface area contributed by atoms with Gasteiger partial charge in [0.15, 0.2) is 11.3 Å². The van der Waals surface area contributed by atoms with Gasteiger partial charge in [0.2, 0.25) is 0 Å². The van der Waals surface area contributed by atoms with Crippen LogP contribution >= 0.6 is 0 Å². The highest BCUT2D eigenvalue weighted by molar-refractivity contribution is 5.73. The number of H-pyrrole nitrogens is 1. The second kappa shape index (κ2) is 5.90. The van der Waals surface area contributed by atoms with Gasteiger partial charge in [-0.2, -0.15) is 0 Å². The van der Waals surface area contributed by atoms with Crippen LogP contribution in [-0.2, 0) is 0 Å². The zero-order chi connectivity index (χ0) is 17.4. The lowest BCUT2D eigenvalue weighted by molar-refractivity contribution is 1.00. The van der Waals surface area contributed by atoms with Crippen LogP contribution in [0.5, 0.6) is 0 Å². The highest BCUT2D eigenvalue weighted by atomic mass is 16.1. The van der Waals surface area contributed by atoms with Gasteiger partial charge < -0.3 is 4.90 Å². The van der Waals surface area contributed by atoms with E-state index in [1.807, 2.05) is 73.6 Å². The topological polar surface area (TPSA) is 66.8 Å². The molecule has 0 spiro atoms. The van der Waals surface area contributed by atoms with Crippen LogP contribution in [0.25, 0.3) is 28.2 Å². The van der Waals surface area contributed by atoms with Gasteiger partial charge in [-0.15, -0.1) is 0 Å². The molecule has 1 N–H and O–H groups in total. The van der Waals surface area contributed by atoms with E-state index in [1.165, 1.54) is 4.57 Å². The van der Waals surface area contributed by atoms with Crippen LogP contribution in [0.1, 0.15) is 0 Å². The predicted molar refractivity (Wildman–Crippen MR) is 99.2 cm³/mol. The van der Waals surface area contributed by atoms with E-state index in [0.29, 0.717) is 11.3 Å². The van der Waals surface area contributed by atoms with Gasteiger partial charge in [0.05, 0.1) is 17.6 Å². The monoisotopic (exact) mass is 331 g/mol. The molecule has 0 saturated carbocycles. The smallest absolute Gasteiger partial charge is 0.333 e. The van der Waals surface area contributed by atoms with Gasteiger partial charge in [-0.05, 0) is 24.3 Å². The average molecular weight is 331 g/mol. The van der Waals surface area contributed by atoms with E-state index >= 15 is 0 Å². The molecule has 0 aliphatic carbocycles.